The van der Waals surface area contributed by atoms with Gasteiger partial charge in [-0.1, -0.05) is 54.5 Å². The lowest BCUT2D eigenvalue weighted by Crippen LogP contribution is -2.45. The number of nitrogens with zero attached hydrogens (tertiary/aromatic N) is 3. The van der Waals surface area contributed by atoms with Gasteiger partial charge in [0.1, 0.15) is 13.2 Å². The SMILES string of the molecule is O=C(C#Cc1ccccc1)N1CCC2(CC1)CCN(C(=O)CN1C(=O)OCC1c1ccccc1)C2. The number of carbonyl (C=O) groups excluding carboxylic acids is 3. The van der Waals surface area contributed by atoms with Crippen molar-refractivity contribution < 1.29 is 19.1 Å². The van der Waals surface area contributed by atoms with Crippen molar-refractivity contribution in [2.24, 2.45) is 5.41 Å². The number of rotatable bonds is 3. The molecule has 3 aliphatic heterocycles. The Bertz CT molecular complexity index is 1150. The third-order valence-electron chi connectivity index (χ3n) is 7.46. The van der Waals surface area contributed by atoms with Gasteiger partial charge in [0.05, 0.1) is 6.04 Å². The fourth-order valence-electron chi connectivity index (χ4n) is 5.29. The zero-order chi connectivity index (χ0) is 24.3. The first-order valence-corrected chi connectivity index (χ1v) is 12.2. The van der Waals surface area contributed by atoms with Gasteiger partial charge in [-0.25, -0.2) is 4.79 Å². The van der Waals surface area contributed by atoms with E-state index in [1.807, 2.05) is 70.5 Å². The van der Waals surface area contributed by atoms with Gasteiger partial charge in [0, 0.05) is 37.7 Å². The van der Waals surface area contributed by atoms with Crippen molar-refractivity contribution in [3.63, 3.8) is 0 Å². The number of amides is 3. The van der Waals surface area contributed by atoms with Crippen LogP contribution in [0.4, 0.5) is 4.79 Å². The van der Waals surface area contributed by atoms with Crippen molar-refractivity contribution >= 4 is 17.9 Å². The number of carbonyl (C=O) groups is 3. The number of ether oxygens (including phenoxy) is 1. The highest BCUT2D eigenvalue weighted by Crippen LogP contribution is 2.40. The van der Waals surface area contributed by atoms with Gasteiger partial charge in [-0.15, -0.1) is 0 Å². The van der Waals surface area contributed by atoms with Crippen molar-refractivity contribution in [1.29, 1.82) is 0 Å². The molecule has 0 radical (unpaired) electrons. The molecule has 0 N–H and O–H groups in total. The standard InChI is InChI=1S/C28H29N3O4/c32-25(12-11-22-7-3-1-4-8-22)29-16-13-28(14-17-29)15-18-30(21-28)26(33)19-31-24(20-35-27(31)34)23-9-5-2-6-10-23/h1-10,24H,13-21H2. The molecule has 0 bridgehead atoms. The van der Waals surface area contributed by atoms with Crippen LogP contribution in [0.15, 0.2) is 60.7 Å². The molecule has 3 heterocycles. The minimum absolute atomic E-state index is 0.0220. The highest BCUT2D eigenvalue weighted by atomic mass is 16.6. The number of hydrogen-bond acceptors (Lipinski definition) is 4. The second-order valence-electron chi connectivity index (χ2n) is 9.60. The molecular formula is C28H29N3O4. The third-order valence-corrected chi connectivity index (χ3v) is 7.46. The number of cyclic esters (lactones) is 1. The minimum atomic E-state index is -0.440. The summed E-state index contributed by atoms with van der Waals surface area (Å²) in [6, 6.07) is 18.9. The Hall–Kier alpha value is -3.79. The second kappa shape index (κ2) is 9.83. The van der Waals surface area contributed by atoms with E-state index in [2.05, 4.69) is 11.8 Å². The maximum Gasteiger partial charge on any atom is 0.410 e. The van der Waals surface area contributed by atoms with Crippen LogP contribution < -0.4 is 0 Å². The van der Waals surface area contributed by atoms with Crippen LogP contribution in [0.2, 0.25) is 0 Å². The van der Waals surface area contributed by atoms with Crippen molar-refractivity contribution in [2.45, 2.75) is 25.3 Å². The quantitative estimate of drug-likeness (QED) is 0.646. The smallest absolute Gasteiger partial charge is 0.410 e. The van der Waals surface area contributed by atoms with E-state index in [0.717, 1.165) is 30.4 Å². The highest BCUT2D eigenvalue weighted by Gasteiger charge is 2.44. The molecular weight excluding hydrogens is 442 g/mol. The highest BCUT2D eigenvalue weighted by molar-refractivity contribution is 5.94. The lowest BCUT2D eigenvalue weighted by Gasteiger charge is -2.38. The van der Waals surface area contributed by atoms with E-state index >= 15 is 0 Å². The molecule has 0 saturated carbocycles. The van der Waals surface area contributed by atoms with E-state index < -0.39 is 6.09 Å². The maximum absolute atomic E-state index is 13.1. The van der Waals surface area contributed by atoms with Gasteiger partial charge in [-0.3, -0.25) is 14.5 Å². The van der Waals surface area contributed by atoms with Crippen LogP contribution in [0.25, 0.3) is 0 Å². The maximum atomic E-state index is 13.1. The summed E-state index contributed by atoms with van der Waals surface area (Å²) >= 11 is 0. The molecule has 7 heteroatoms. The largest absolute Gasteiger partial charge is 0.447 e. The molecule has 1 atom stereocenters. The number of piperidine rings is 1. The Balaban J connectivity index is 1.15. The average Bonchev–Trinajstić information content (AvgIpc) is 3.48. The van der Waals surface area contributed by atoms with Gasteiger partial charge < -0.3 is 14.5 Å². The van der Waals surface area contributed by atoms with Gasteiger partial charge in [0.25, 0.3) is 5.91 Å². The fourth-order valence-corrected chi connectivity index (χ4v) is 5.29. The van der Waals surface area contributed by atoms with Crippen LogP contribution >= 0.6 is 0 Å². The molecule has 180 valence electrons. The Morgan fingerprint density at radius 3 is 2.23 bits per heavy atom. The van der Waals surface area contributed by atoms with Crippen molar-refractivity contribution in [2.75, 3.05) is 39.3 Å². The molecule has 35 heavy (non-hydrogen) atoms. The summed E-state index contributed by atoms with van der Waals surface area (Å²) in [6.07, 6.45) is 2.19. The molecule has 1 spiro atoms. The van der Waals surface area contributed by atoms with Crippen LogP contribution in [0.1, 0.15) is 36.4 Å². The summed E-state index contributed by atoms with van der Waals surface area (Å²) < 4.78 is 5.26. The molecule has 2 aromatic carbocycles. The molecule has 3 aliphatic rings. The van der Waals surface area contributed by atoms with Gasteiger partial charge in [-0.2, -0.15) is 0 Å². The average molecular weight is 472 g/mol. The third kappa shape index (κ3) is 5.02. The molecule has 0 aliphatic carbocycles. The van der Waals surface area contributed by atoms with Crippen LogP contribution in [0.5, 0.6) is 0 Å². The Labute approximate surface area is 205 Å². The van der Waals surface area contributed by atoms with Crippen molar-refractivity contribution in [3.05, 3.63) is 71.8 Å². The fraction of sp³-hybridized carbons (Fsp3) is 0.393. The van der Waals surface area contributed by atoms with Crippen LogP contribution in [0.3, 0.4) is 0 Å². The monoisotopic (exact) mass is 471 g/mol. The summed E-state index contributed by atoms with van der Waals surface area (Å²) in [5.41, 5.74) is 1.83. The summed E-state index contributed by atoms with van der Waals surface area (Å²) in [6.45, 7) is 2.94. The van der Waals surface area contributed by atoms with Crippen molar-refractivity contribution in [3.8, 4) is 11.8 Å². The van der Waals surface area contributed by atoms with E-state index in [0.29, 0.717) is 26.2 Å². The lowest BCUT2D eigenvalue weighted by atomic mass is 9.78. The van der Waals surface area contributed by atoms with Crippen LogP contribution in [0, 0.1) is 17.3 Å². The molecule has 2 aromatic rings. The van der Waals surface area contributed by atoms with Crippen LogP contribution in [-0.4, -0.2) is 71.9 Å². The molecule has 3 amide bonds. The first kappa shape index (κ1) is 23.0. The first-order valence-electron chi connectivity index (χ1n) is 12.2. The Morgan fingerprint density at radius 1 is 0.914 bits per heavy atom. The topological polar surface area (TPSA) is 70.2 Å². The van der Waals surface area contributed by atoms with Crippen molar-refractivity contribution in [1.82, 2.24) is 14.7 Å². The summed E-state index contributed by atoms with van der Waals surface area (Å²) in [7, 11) is 0. The van der Waals surface area contributed by atoms with Crippen LogP contribution in [-0.2, 0) is 14.3 Å². The summed E-state index contributed by atoms with van der Waals surface area (Å²) in [5.74, 6) is 5.51. The molecule has 3 saturated heterocycles. The van der Waals surface area contributed by atoms with E-state index in [1.54, 1.807) is 0 Å². The lowest BCUT2D eigenvalue weighted by molar-refractivity contribution is -0.132. The number of likely N-dealkylation sites (tertiary alicyclic amines) is 2. The molecule has 0 aromatic heterocycles. The predicted octanol–water partition coefficient (Wildman–Crippen LogP) is 3.07. The van der Waals surface area contributed by atoms with E-state index in [9.17, 15) is 14.4 Å². The van der Waals surface area contributed by atoms with E-state index in [-0.39, 0.29) is 36.4 Å². The molecule has 1 unspecified atom stereocenters. The summed E-state index contributed by atoms with van der Waals surface area (Å²) in [4.78, 5) is 43.3. The zero-order valence-corrected chi connectivity index (χ0v) is 19.7. The molecule has 7 nitrogen and oxygen atoms in total. The van der Waals surface area contributed by atoms with Gasteiger partial charge >= 0.3 is 6.09 Å². The number of benzene rings is 2. The second-order valence-corrected chi connectivity index (χ2v) is 9.60. The van der Waals surface area contributed by atoms with E-state index in [1.165, 1.54) is 4.90 Å². The Morgan fingerprint density at radius 2 is 1.54 bits per heavy atom. The van der Waals surface area contributed by atoms with Gasteiger partial charge in [0.15, 0.2) is 0 Å². The predicted molar refractivity (Wildman–Crippen MR) is 130 cm³/mol. The Kier molecular flexibility index (Phi) is 6.45. The summed E-state index contributed by atoms with van der Waals surface area (Å²) in [5, 5.41) is 0. The number of hydrogen-bond donors (Lipinski definition) is 0. The zero-order valence-electron chi connectivity index (χ0n) is 19.7. The molecule has 5 rings (SSSR count). The van der Waals surface area contributed by atoms with E-state index in [4.69, 9.17) is 4.74 Å². The minimum Gasteiger partial charge on any atom is -0.447 e. The normalized spacial score (nSPS) is 21.0. The molecule has 3 fully saturated rings. The first-order chi connectivity index (χ1) is 17.0. The van der Waals surface area contributed by atoms with Gasteiger partial charge in [-0.05, 0) is 42.4 Å². The van der Waals surface area contributed by atoms with Gasteiger partial charge in [0.2, 0.25) is 5.91 Å².